The number of carbonyl (C=O) groups excluding carboxylic acids is 1. The molecule has 1 aromatic heterocycles. The number of ether oxygens (including phenoxy) is 1. The van der Waals surface area contributed by atoms with E-state index >= 15 is 0 Å². The second kappa shape index (κ2) is 9.24. The lowest BCUT2D eigenvalue weighted by molar-refractivity contribution is -0.0672. The van der Waals surface area contributed by atoms with E-state index in [0.29, 0.717) is 12.1 Å². The summed E-state index contributed by atoms with van der Waals surface area (Å²) in [5.74, 6) is -0.0698. The molecule has 6 nitrogen and oxygen atoms in total. The molecule has 0 radical (unpaired) electrons. The lowest BCUT2D eigenvalue weighted by Crippen LogP contribution is -2.47. The van der Waals surface area contributed by atoms with E-state index in [0.717, 1.165) is 36.6 Å². The lowest BCUT2D eigenvalue weighted by Gasteiger charge is -2.35. The largest absolute Gasteiger partial charge is 0.373 e. The van der Waals surface area contributed by atoms with Crippen LogP contribution in [-0.2, 0) is 4.74 Å². The molecule has 2 heterocycles. The second-order valence-electron chi connectivity index (χ2n) is 7.82. The van der Waals surface area contributed by atoms with Crippen LogP contribution in [0.3, 0.4) is 0 Å². The maximum absolute atomic E-state index is 12.7. The highest BCUT2D eigenvalue weighted by Crippen LogP contribution is 2.22. The standard InChI is InChI=1S/C24H28N4O2/c1-18-16-27(17-19(2)30-18)14-13-25-24(29)21-9-6-10-22(15-21)28-23(11-12-26-28)20-7-4-3-5-8-20/h3-12,15,18-19H,13-14,16-17H2,1-2H3,(H,25,29)/t18-,19-/m0/s1. The summed E-state index contributed by atoms with van der Waals surface area (Å²) in [6.07, 6.45) is 2.24. The highest BCUT2D eigenvalue weighted by molar-refractivity contribution is 5.94. The molecule has 4 rings (SSSR count). The number of hydrogen-bond donors (Lipinski definition) is 1. The van der Waals surface area contributed by atoms with Crippen molar-refractivity contribution in [2.75, 3.05) is 26.2 Å². The molecule has 1 fully saturated rings. The van der Waals surface area contributed by atoms with Gasteiger partial charge in [-0.25, -0.2) is 4.68 Å². The molecule has 1 N–H and O–H groups in total. The highest BCUT2D eigenvalue weighted by Gasteiger charge is 2.21. The summed E-state index contributed by atoms with van der Waals surface area (Å²) in [5, 5.41) is 7.51. The maximum atomic E-state index is 12.7. The molecule has 2 atom stereocenters. The van der Waals surface area contributed by atoms with Gasteiger partial charge in [0.2, 0.25) is 0 Å². The normalized spacial score (nSPS) is 19.5. The fourth-order valence-electron chi connectivity index (χ4n) is 4.01. The molecule has 156 valence electrons. The van der Waals surface area contributed by atoms with Crippen LogP contribution in [0.2, 0.25) is 0 Å². The summed E-state index contributed by atoms with van der Waals surface area (Å²) in [5.41, 5.74) is 3.57. The zero-order chi connectivity index (χ0) is 20.9. The molecule has 3 aromatic rings. The van der Waals surface area contributed by atoms with Gasteiger partial charge in [0.25, 0.3) is 5.91 Å². The molecule has 1 amide bonds. The van der Waals surface area contributed by atoms with Crippen molar-refractivity contribution in [3.05, 3.63) is 72.4 Å². The SMILES string of the molecule is C[C@H]1CN(CCNC(=O)c2cccc(-n3nccc3-c3ccccc3)c2)C[C@H](C)O1. The van der Waals surface area contributed by atoms with Crippen molar-refractivity contribution in [1.82, 2.24) is 20.0 Å². The van der Waals surface area contributed by atoms with Gasteiger partial charge in [0.1, 0.15) is 0 Å². The number of amides is 1. The maximum Gasteiger partial charge on any atom is 0.251 e. The molecule has 1 aliphatic heterocycles. The third-order valence-electron chi connectivity index (χ3n) is 5.27. The number of benzene rings is 2. The van der Waals surface area contributed by atoms with E-state index < -0.39 is 0 Å². The van der Waals surface area contributed by atoms with Gasteiger partial charge in [-0.2, -0.15) is 5.10 Å². The van der Waals surface area contributed by atoms with Crippen molar-refractivity contribution in [1.29, 1.82) is 0 Å². The summed E-state index contributed by atoms with van der Waals surface area (Å²) in [4.78, 5) is 15.0. The minimum absolute atomic E-state index is 0.0698. The summed E-state index contributed by atoms with van der Waals surface area (Å²) in [6, 6.07) is 19.7. The van der Waals surface area contributed by atoms with Gasteiger partial charge in [-0.1, -0.05) is 36.4 Å². The fraction of sp³-hybridized carbons (Fsp3) is 0.333. The molecule has 6 heteroatoms. The highest BCUT2D eigenvalue weighted by atomic mass is 16.5. The Labute approximate surface area is 177 Å². The Bertz CT molecular complexity index is 976. The van der Waals surface area contributed by atoms with Crippen LogP contribution < -0.4 is 5.32 Å². The first kappa shape index (κ1) is 20.3. The van der Waals surface area contributed by atoms with Crippen molar-refractivity contribution in [3.63, 3.8) is 0 Å². The van der Waals surface area contributed by atoms with E-state index in [1.54, 1.807) is 6.20 Å². The van der Waals surface area contributed by atoms with Gasteiger partial charge in [-0.15, -0.1) is 0 Å². The molecule has 0 spiro atoms. The quantitative estimate of drug-likeness (QED) is 0.684. The number of aromatic nitrogens is 2. The Balaban J connectivity index is 1.42. The van der Waals surface area contributed by atoms with Crippen LogP contribution in [-0.4, -0.2) is 59.0 Å². The average Bonchev–Trinajstić information content (AvgIpc) is 3.24. The Morgan fingerprint density at radius 3 is 2.60 bits per heavy atom. The van der Waals surface area contributed by atoms with Crippen LogP contribution >= 0.6 is 0 Å². The first-order valence-electron chi connectivity index (χ1n) is 10.5. The van der Waals surface area contributed by atoms with Crippen LogP contribution in [0.25, 0.3) is 16.9 Å². The number of morpholine rings is 1. The number of nitrogens with one attached hydrogen (secondary N) is 1. The fourth-order valence-corrected chi connectivity index (χ4v) is 4.01. The summed E-state index contributed by atoms with van der Waals surface area (Å²) in [7, 11) is 0. The number of hydrogen-bond acceptors (Lipinski definition) is 4. The van der Waals surface area contributed by atoms with Gasteiger partial charge in [0, 0.05) is 37.3 Å². The lowest BCUT2D eigenvalue weighted by atomic mass is 10.1. The van der Waals surface area contributed by atoms with Crippen LogP contribution in [0.15, 0.2) is 66.9 Å². The third-order valence-corrected chi connectivity index (χ3v) is 5.27. The Kier molecular flexibility index (Phi) is 6.26. The van der Waals surface area contributed by atoms with E-state index in [1.807, 2.05) is 53.2 Å². The van der Waals surface area contributed by atoms with E-state index in [4.69, 9.17) is 4.74 Å². The van der Waals surface area contributed by atoms with Gasteiger partial charge in [-0.3, -0.25) is 9.69 Å². The van der Waals surface area contributed by atoms with E-state index in [2.05, 4.69) is 41.3 Å². The molecule has 30 heavy (non-hydrogen) atoms. The van der Waals surface area contributed by atoms with Crippen molar-refractivity contribution >= 4 is 5.91 Å². The van der Waals surface area contributed by atoms with Crippen molar-refractivity contribution in [3.8, 4) is 16.9 Å². The molecule has 0 bridgehead atoms. The van der Waals surface area contributed by atoms with Crippen molar-refractivity contribution in [2.45, 2.75) is 26.1 Å². The van der Waals surface area contributed by atoms with Crippen molar-refractivity contribution < 1.29 is 9.53 Å². The summed E-state index contributed by atoms with van der Waals surface area (Å²) in [6.45, 7) is 7.41. The summed E-state index contributed by atoms with van der Waals surface area (Å²) >= 11 is 0. The number of nitrogens with zero attached hydrogens (tertiary/aromatic N) is 3. The summed E-state index contributed by atoms with van der Waals surface area (Å²) < 4.78 is 7.63. The first-order chi connectivity index (χ1) is 14.6. The molecule has 1 aliphatic rings. The number of rotatable bonds is 6. The van der Waals surface area contributed by atoms with Gasteiger partial charge >= 0.3 is 0 Å². The van der Waals surface area contributed by atoms with E-state index in [9.17, 15) is 4.79 Å². The zero-order valence-corrected chi connectivity index (χ0v) is 17.5. The Morgan fingerprint density at radius 2 is 1.83 bits per heavy atom. The van der Waals surface area contributed by atoms with Crippen LogP contribution in [0.4, 0.5) is 0 Å². The minimum atomic E-state index is -0.0698. The molecular weight excluding hydrogens is 376 g/mol. The van der Waals surface area contributed by atoms with Gasteiger partial charge in [0.15, 0.2) is 0 Å². The second-order valence-corrected chi connectivity index (χ2v) is 7.82. The number of carbonyl (C=O) groups is 1. The van der Waals surface area contributed by atoms with Crippen LogP contribution in [0.1, 0.15) is 24.2 Å². The van der Waals surface area contributed by atoms with E-state index in [1.165, 1.54) is 0 Å². The van der Waals surface area contributed by atoms with Crippen LogP contribution in [0.5, 0.6) is 0 Å². The van der Waals surface area contributed by atoms with Crippen molar-refractivity contribution in [2.24, 2.45) is 0 Å². The smallest absolute Gasteiger partial charge is 0.251 e. The third kappa shape index (κ3) is 4.78. The Morgan fingerprint density at radius 1 is 1.07 bits per heavy atom. The molecule has 0 saturated carbocycles. The zero-order valence-electron chi connectivity index (χ0n) is 17.5. The van der Waals surface area contributed by atoms with Crippen LogP contribution in [0, 0.1) is 0 Å². The predicted octanol–water partition coefficient (Wildman–Crippen LogP) is 3.38. The molecule has 2 aromatic carbocycles. The molecular formula is C24H28N4O2. The van der Waals surface area contributed by atoms with E-state index in [-0.39, 0.29) is 18.1 Å². The molecule has 1 saturated heterocycles. The van der Waals surface area contributed by atoms with Gasteiger partial charge < -0.3 is 10.1 Å². The van der Waals surface area contributed by atoms with Gasteiger partial charge in [0.05, 0.1) is 29.8 Å². The minimum Gasteiger partial charge on any atom is -0.373 e. The first-order valence-corrected chi connectivity index (χ1v) is 10.5. The topological polar surface area (TPSA) is 59.4 Å². The Hall–Kier alpha value is -2.96. The molecule has 0 unspecified atom stereocenters. The monoisotopic (exact) mass is 404 g/mol. The average molecular weight is 405 g/mol. The van der Waals surface area contributed by atoms with Gasteiger partial charge in [-0.05, 0) is 38.1 Å². The predicted molar refractivity (Wildman–Crippen MR) is 118 cm³/mol. The molecule has 0 aliphatic carbocycles.